The normalized spacial score (nSPS) is 12.7. The van der Waals surface area contributed by atoms with Crippen molar-refractivity contribution in [1.29, 1.82) is 0 Å². The number of carbonyl (C=O) groups is 2. The Balaban J connectivity index is 1.70. The van der Waals surface area contributed by atoms with Crippen LogP contribution in [0.1, 0.15) is 18.5 Å². The fourth-order valence-electron chi connectivity index (χ4n) is 3.35. The van der Waals surface area contributed by atoms with Gasteiger partial charge in [-0.1, -0.05) is 6.08 Å². The van der Waals surface area contributed by atoms with Gasteiger partial charge in [-0.3, -0.25) is 4.79 Å². The highest BCUT2D eigenvalue weighted by molar-refractivity contribution is 5.93. The number of aryl methyl sites for hydroxylation is 1. The van der Waals surface area contributed by atoms with E-state index in [4.69, 9.17) is 9.47 Å². The van der Waals surface area contributed by atoms with E-state index in [0.29, 0.717) is 23.7 Å². The predicted molar refractivity (Wildman–Crippen MR) is 119 cm³/mol. The molecule has 2 aromatic rings. The number of amides is 3. The molecule has 0 spiro atoms. The average molecular weight is 427 g/mol. The highest BCUT2D eigenvalue weighted by atomic mass is 16.5. The third-order valence-electron chi connectivity index (χ3n) is 5.26. The summed E-state index contributed by atoms with van der Waals surface area (Å²) in [5.74, 6) is 1.04. The molecule has 8 heteroatoms. The van der Waals surface area contributed by atoms with Crippen molar-refractivity contribution in [2.75, 3.05) is 32.6 Å². The maximum Gasteiger partial charge on any atom is 0.322 e. The number of hydrogen-bond acceptors (Lipinski definition) is 4. The minimum absolute atomic E-state index is 0.0279. The van der Waals surface area contributed by atoms with E-state index in [1.165, 1.54) is 4.90 Å². The number of aromatic nitrogens is 1. The summed E-state index contributed by atoms with van der Waals surface area (Å²) in [5.41, 5.74) is 1.58. The number of anilines is 1. The molecule has 0 atom stereocenters. The first-order valence-corrected chi connectivity index (χ1v) is 10.2. The Labute approximate surface area is 183 Å². The zero-order valence-electron chi connectivity index (χ0n) is 18.3. The maximum atomic E-state index is 13.1. The van der Waals surface area contributed by atoms with Gasteiger partial charge < -0.3 is 29.2 Å². The average Bonchev–Trinajstić information content (AvgIpc) is 3.52. The summed E-state index contributed by atoms with van der Waals surface area (Å²) in [4.78, 5) is 29.4. The lowest BCUT2D eigenvalue weighted by Crippen LogP contribution is -2.45. The predicted octanol–water partition coefficient (Wildman–Crippen LogP) is 3.25. The molecule has 0 unspecified atom stereocenters. The van der Waals surface area contributed by atoms with E-state index in [1.807, 2.05) is 34.8 Å². The number of urea groups is 1. The summed E-state index contributed by atoms with van der Waals surface area (Å²) in [6, 6.07) is 8.92. The summed E-state index contributed by atoms with van der Waals surface area (Å²) < 4.78 is 12.5. The third-order valence-corrected chi connectivity index (χ3v) is 5.26. The molecular formula is C23H30N4O4. The first-order valence-electron chi connectivity index (χ1n) is 10.2. The van der Waals surface area contributed by atoms with Crippen molar-refractivity contribution in [1.82, 2.24) is 14.4 Å². The Kier molecular flexibility index (Phi) is 7.23. The second kappa shape index (κ2) is 10.1. The number of hydrogen-bond donors (Lipinski definition) is 1. The molecule has 3 rings (SSSR count). The van der Waals surface area contributed by atoms with E-state index in [0.717, 1.165) is 18.5 Å². The number of nitrogens with one attached hydrogen (secondary N) is 1. The van der Waals surface area contributed by atoms with Gasteiger partial charge >= 0.3 is 6.03 Å². The lowest BCUT2D eigenvalue weighted by atomic mass is 10.2. The molecule has 1 aliphatic carbocycles. The second-order valence-electron chi connectivity index (χ2n) is 7.56. The standard InChI is InChI=1S/C23H30N4O4/c1-5-10-26(23(29)24-17-12-20(30-3)14-21(13-17)31-4)16-22(28)27(18-8-9-18)15-19-7-6-11-25(19)2/h5-7,11-14,18H,1,8-10,15-16H2,2-4H3,(H,24,29). The summed E-state index contributed by atoms with van der Waals surface area (Å²) in [6.07, 6.45) is 5.56. The Hall–Kier alpha value is -3.42. The largest absolute Gasteiger partial charge is 0.497 e. The van der Waals surface area contributed by atoms with E-state index in [-0.39, 0.29) is 25.0 Å². The van der Waals surface area contributed by atoms with Crippen LogP contribution in [-0.4, -0.2) is 59.7 Å². The van der Waals surface area contributed by atoms with Gasteiger partial charge in [0, 0.05) is 55.4 Å². The van der Waals surface area contributed by atoms with Gasteiger partial charge in [-0.05, 0) is 25.0 Å². The van der Waals surface area contributed by atoms with Crippen LogP contribution in [0.5, 0.6) is 11.5 Å². The van der Waals surface area contributed by atoms with Crippen LogP contribution in [0.15, 0.2) is 49.2 Å². The quantitative estimate of drug-likeness (QED) is 0.592. The van der Waals surface area contributed by atoms with Gasteiger partial charge in [-0.2, -0.15) is 0 Å². The van der Waals surface area contributed by atoms with Crippen molar-refractivity contribution in [2.45, 2.75) is 25.4 Å². The molecule has 1 fully saturated rings. The van der Waals surface area contributed by atoms with Gasteiger partial charge in [0.1, 0.15) is 18.0 Å². The van der Waals surface area contributed by atoms with Gasteiger partial charge in [-0.15, -0.1) is 6.58 Å². The van der Waals surface area contributed by atoms with E-state index in [2.05, 4.69) is 11.9 Å². The van der Waals surface area contributed by atoms with Crippen molar-refractivity contribution in [3.8, 4) is 11.5 Å². The summed E-state index contributed by atoms with van der Waals surface area (Å²) >= 11 is 0. The van der Waals surface area contributed by atoms with Crippen LogP contribution in [-0.2, 0) is 18.4 Å². The fraction of sp³-hybridized carbons (Fsp3) is 0.391. The van der Waals surface area contributed by atoms with E-state index >= 15 is 0 Å². The van der Waals surface area contributed by atoms with Crippen molar-refractivity contribution < 1.29 is 19.1 Å². The van der Waals surface area contributed by atoms with Crippen molar-refractivity contribution in [3.05, 3.63) is 54.9 Å². The van der Waals surface area contributed by atoms with Crippen molar-refractivity contribution in [3.63, 3.8) is 0 Å². The van der Waals surface area contributed by atoms with Crippen LogP contribution in [0.3, 0.4) is 0 Å². The molecule has 0 bridgehead atoms. The number of methoxy groups -OCH3 is 2. The highest BCUT2D eigenvalue weighted by Crippen LogP contribution is 2.29. The number of benzene rings is 1. The van der Waals surface area contributed by atoms with E-state index < -0.39 is 6.03 Å². The lowest BCUT2D eigenvalue weighted by Gasteiger charge is -2.27. The molecule has 8 nitrogen and oxygen atoms in total. The zero-order valence-corrected chi connectivity index (χ0v) is 18.3. The molecule has 1 aromatic heterocycles. The number of ether oxygens (including phenoxy) is 2. The molecule has 1 N–H and O–H groups in total. The molecule has 0 radical (unpaired) electrons. The Morgan fingerprint density at radius 3 is 2.42 bits per heavy atom. The third kappa shape index (κ3) is 5.81. The zero-order chi connectivity index (χ0) is 22.4. The Morgan fingerprint density at radius 2 is 1.90 bits per heavy atom. The number of rotatable bonds is 10. The van der Waals surface area contributed by atoms with Gasteiger partial charge in [0.2, 0.25) is 5.91 Å². The summed E-state index contributed by atoms with van der Waals surface area (Å²) in [5, 5.41) is 2.82. The molecule has 1 aromatic carbocycles. The molecule has 31 heavy (non-hydrogen) atoms. The van der Waals surface area contributed by atoms with Crippen LogP contribution in [0.25, 0.3) is 0 Å². The monoisotopic (exact) mass is 426 g/mol. The Bertz CT molecular complexity index is 913. The van der Waals surface area contributed by atoms with Gasteiger partial charge in [0.05, 0.1) is 20.8 Å². The second-order valence-corrected chi connectivity index (χ2v) is 7.56. The van der Waals surface area contributed by atoms with Crippen molar-refractivity contribution in [2.24, 2.45) is 7.05 Å². The molecule has 1 aliphatic rings. The molecule has 0 saturated heterocycles. The molecule has 166 valence electrons. The van der Waals surface area contributed by atoms with E-state index in [1.54, 1.807) is 38.5 Å². The maximum absolute atomic E-state index is 13.1. The molecule has 1 saturated carbocycles. The highest BCUT2D eigenvalue weighted by Gasteiger charge is 2.34. The number of carbonyl (C=O) groups excluding carboxylic acids is 2. The van der Waals surface area contributed by atoms with Crippen LogP contribution >= 0.6 is 0 Å². The molecule has 1 heterocycles. The molecule has 3 amide bonds. The SMILES string of the molecule is C=CCN(CC(=O)N(Cc1cccn1C)C1CC1)C(=O)Nc1cc(OC)cc(OC)c1. The Morgan fingerprint density at radius 1 is 1.23 bits per heavy atom. The van der Waals surface area contributed by atoms with Gasteiger partial charge in [0.15, 0.2) is 0 Å². The fourth-order valence-corrected chi connectivity index (χ4v) is 3.35. The first-order chi connectivity index (χ1) is 14.9. The van der Waals surface area contributed by atoms with Gasteiger partial charge in [0.25, 0.3) is 0 Å². The van der Waals surface area contributed by atoms with Crippen LogP contribution in [0.2, 0.25) is 0 Å². The topological polar surface area (TPSA) is 76.0 Å². The minimum Gasteiger partial charge on any atom is -0.497 e. The van der Waals surface area contributed by atoms with Crippen LogP contribution in [0, 0.1) is 0 Å². The first kappa shape index (κ1) is 22.3. The lowest BCUT2D eigenvalue weighted by molar-refractivity contribution is -0.133. The van der Waals surface area contributed by atoms with Crippen LogP contribution < -0.4 is 14.8 Å². The van der Waals surface area contributed by atoms with Gasteiger partial charge in [-0.25, -0.2) is 4.79 Å². The van der Waals surface area contributed by atoms with Crippen molar-refractivity contribution >= 4 is 17.6 Å². The molecular weight excluding hydrogens is 396 g/mol. The minimum atomic E-state index is -0.391. The molecule has 0 aliphatic heterocycles. The van der Waals surface area contributed by atoms with E-state index in [9.17, 15) is 9.59 Å². The van der Waals surface area contributed by atoms with Crippen LogP contribution in [0.4, 0.5) is 10.5 Å². The number of nitrogens with zero attached hydrogens (tertiary/aromatic N) is 3. The summed E-state index contributed by atoms with van der Waals surface area (Å²) in [7, 11) is 5.05. The summed E-state index contributed by atoms with van der Waals surface area (Å²) in [6.45, 7) is 4.48. The smallest absolute Gasteiger partial charge is 0.322 e.